The molecule has 0 aliphatic heterocycles. The summed E-state index contributed by atoms with van der Waals surface area (Å²) in [4.78, 5) is 11.3. The summed E-state index contributed by atoms with van der Waals surface area (Å²) in [6.45, 7) is 2.94. The van der Waals surface area contributed by atoms with Crippen LogP contribution in [-0.4, -0.2) is 29.6 Å². The lowest BCUT2D eigenvalue weighted by Gasteiger charge is -2.08. The Morgan fingerprint density at radius 3 is 2.95 bits per heavy atom. The fourth-order valence-corrected chi connectivity index (χ4v) is 2.14. The van der Waals surface area contributed by atoms with Crippen LogP contribution in [0.4, 0.5) is 0 Å². The molecule has 0 unspecified atom stereocenters. The molecule has 5 heteroatoms. The molecule has 2 rings (SSSR count). The molecule has 0 saturated carbocycles. The van der Waals surface area contributed by atoms with Crippen LogP contribution in [0.2, 0.25) is 0 Å². The van der Waals surface area contributed by atoms with E-state index < -0.39 is 0 Å². The van der Waals surface area contributed by atoms with Crippen LogP contribution >= 0.6 is 11.6 Å². The van der Waals surface area contributed by atoms with Gasteiger partial charge in [0.15, 0.2) is 6.61 Å². The van der Waals surface area contributed by atoms with Crippen molar-refractivity contribution < 1.29 is 14.3 Å². The lowest BCUT2D eigenvalue weighted by molar-refractivity contribution is -0.145. The summed E-state index contributed by atoms with van der Waals surface area (Å²) in [6.07, 6.45) is 2.95. The molecule has 0 spiro atoms. The van der Waals surface area contributed by atoms with E-state index in [1.807, 2.05) is 24.4 Å². The Kier molecular flexibility index (Phi) is 5.30. The summed E-state index contributed by atoms with van der Waals surface area (Å²) in [6, 6.07) is 7.82. The van der Waals surface area contributed by atoms with Crippen LogP contribution < -0.4 is 4.74 Å². The van der Waals surface area contributed by atoms with E-state index >= 15 is 0 Å². The Hall–Kier alpha value is -1.68. The smallest absolute Gasteiger partial charge is 0.344 e. The van der Waals surface area contributed by atoms with Crippen LogP contribution in [0.15, 0.2) is 30.5 Å². The number of aryl methyl sites for hydroxylation is 1. The molecule has 0 radical (unpaired) electrons. The third kappa shape index (κ3) is 3.67. The van der Waals surface area contributed by atoms with Crippen LogP contribution in [0.1, 0.15) is 13.3 Å². The summed E-state index contributed by atoms with van der Waals surface area (Å²) in [5.74, 6) is 0.945. The van der Waals surface area contributed by atoms with Crippen LogP contribution in [-0.2, 0) is 16.1 Å². The predicted molar refractivity (Wildman–Crippen MR) is 79.4 cm³/mol. The second-order valence-electron chi connectivity index (χ2n) is 4.37. The molecule has 0 fully saturated rings. The highest BCUT2D eigenvalue weighted by molar-refractivity contribution is 6.17. The summed E-state index contributed by atoms with van der Waals surface area (Å²) >= 11 is 5.73. The van der Waals surface area contributed by atoms with Crippen molar-refractivity contribution in [3.63, 3.8) is 0 Å². The number of aromatic nitrogens is 1. The topological polar surface area (TPSA) is 40.5 Å². The second kappa shape index (κ2) is 7.20. The van der Waals surface area contributed by atoms with Crippen molar-refractivity contribution in [2.45, 2.75) is 19.9 Å². The van der Waals surface area contributed by atoms with Crippen molar-refractivity contribution in [1.82, 2.24) is 4.57 Å². The number of carbonyl (C=O) groups excluding carboxylic acids is 1. The maximum atomic E-state index is 11.3. The molecular formula is C15H18ClNO3. The van der Waals surface area contributed by atoms with Crippen LogP contribution in [0.25, 0.3) is 10.9 Å². The lowest BCUT2D eigenvalue weighted by atomic mass is 10.2. The molecular weight excluding hydrogens is 278 g/mol. The summed E-state index contributed by atoms with van der Waals surface area (Å²) < 4.78 is 12.4. The molecule has 0 amide bonds. The number of nitrogens with zero attached hydrogens (tertiary/aromatic N) is 1. The van der Waals surface area contributed by atoms with Crippen LogP contribution in [0.3, 0.4) is 0 Å². The zero-order chi connectivity index (χ0) is 14.4. The Bertz CT molecular complexity index is 580. The number of fused-ring (bicyclic) bond motifs is 1. The normalized spacial score (nSPS) is 10.7. The SMILES string of the molecule is CCOC(=O)COc1ccc2ccn(CCCCl)c2c1. The van der Waals surface area contributed by atoms with Crippen molar-refractivity contribution in [2.24, 2.45) is 0 Å². The molecule has 4 nitrogen and oxygen atoms in total. The molecule has 1 aromatic carbocycles. The third-order valence-electron chi connectivity index (χ3n) is 2.94. The van der Waals surface area contributed by atoms with Gasteiger partial charge in [0.05, 0.1) is 12.1 Å². The zero-order valence-corrected chi connectivity index (χ0v) is 12.2. The monoisotopic (exact) mass is 295 g/mol. The minimum Gasteiger partial charge on any atom is -0.482 e. The highest BCUT2D eigenvalue weighted by atomic mass is 35.5. The maximum Gasteiger partial charge on any atom is 0.344 e. The number of hydrogen-bond acceptors (Lipinski definition) is 3. The van der Waals surface area contributed by atoms with E-state index in [0.717, 1.165) is 23.9 Å². The Labute approximate surface area is 123 Å². The first-order valence-corrected chi connectivity index (χ1v) is 7.21. The minimum absolute atomic E-state index is 0.0677. The van der Waals surface area contributed by atoms with E-state index in [9.17, 15) is 4.79 Å². The van der Waals surface area contributed by atoms with Crippen molar-refractivity contribution in [3.8, 4) is 5.75 Å². The van der Waals surface area contributed by atoms with Crippen molar-refractivity contribution >= 4 is 28.5 Å². The number of benzene rings is 1. The molecule has 2 aromatic rings. The van der Waals surface area contributed by atoms with E-state index in [0.29, 0.717) is 18.2 Å². The number of hydrogen-bond donors (Lipinski definition) is 0. The summed E-state index contributed by atoms with van der Waals surface area (Å²) in [5, 5.41) is 1.14. The Balaban J connectivity index is 2.08. The highest BCUT2D eigenvalue weighted by Gasteiger charge is 2.06. The first-order chi connectivity index (χ1) is 9.74. The number of ether oxygens (including phenoxy) is 2. The molecule has 108 valence electrons. The second-order valence-corrected chi connectivity index (χ2v) is 4.74. The zero-order valence-electron chi connectivity index (χ0n) is 11.5. The van der Waals surface area contributed by atoms with Crippen molar-refractivity contribution in [2.75, 3.05) is 19.1 Å². The number of esters is 1. The summed E-state index contributed by atoms with van der Waals surface area (Å²) in [7, 11) is 0. The van der Waals surface area contributed by atoms with E-state index in [-0.39, 0.29) is 12.6 Å². The molecule has 0 bridgehead atoms. The van der Waals surface area contributed by atoms with Gasteiger partial charge in [-0.2, -0.15) is 0 Å². The van der Waals surface area contributed by atoms with Gasteiger partial charge >= 0.3 is 5.97 Å². The molecule has 0 aliphatic carbocycles. The predicted octanol–water partition coefficient (Wildman–Crippen LogP) is 3.21. The number of halogens is 1. The molecule has 0 aliphatic rings. The van der Waals surface area contributed by atoms with Gasteiger partial charge in [-0.05, 0) is 36.9 Å². The Morgan fingerprint density at radius 1 is 1.35 bits per heavy atom. The van der Waals surface area contributed by atoms with Gasteiger partial charge in [0.25, 0.3) is 0 Å². The standard InChI is InChI=1S/C15H18ClNO3/c1-2-19-15(18)11-20-13-5-4-12-6-9-17(8-3-7-16)14(12)10-13/h4-6,9-10H,2-3,7-8,11H2,1H3. The van der Waals surface area contributed by atoms with Gasteiger partial charge < -0.3 is 14.0 Å². The molecule has 20 heavy (non-hydrogen) atoms. The molecule has 1 heterocycles. The summed E-state index contributed by atoms with van der Waals surface area (Å²) in [5.41, 5.74) is 1.08. The van der Waals surface area contributed by atoms with Crippen LogP contribution in [0.5, 0.6) is 5.75 Å². The van der Waals surface area contributed by atoms with Gasteiger partial charge in [0, 0.05) is 24.7 Å². The third-order valence-corrected chi connectivity index (χ3v) is 3.21. The van der Waals surface area contributed by atoms with Gasteiger partial charge in [-0.25, -0.2) is 4.79 Å². The van der Waals surface area contributed by atoms with Gasteiger partial charge in [-0.1, -0.05) is 0 Å². The van der Waals surface area contributed by atoms with Crippen molar-refractivity contribution in [3.05, 3.63) is 30.5 Å². The van der Waals surface area contributed by atoms with Crippen molar-refractivity contribution in [1.29, 1.82) is 0 Å². The van der Waals surface area contributed by atoms with Gasteiger partial charge in [-0.15, -0.1) is 11.6 Å². The van der Waals surface area contributed by atoms with Gasteiger partial charge in [-0.3, -0.25) is 0 Å². The number of alkyl halides is 1. The Morgan fingerprint density at radius 2 is 2.20 bits per heavy atom. The highest BCUT2D eigenvalue weighted by Crippen LogP contribution is 2.22. The minimum atomic E-state index is -0.356. The quantitative estimate of drug-likeness (QED) is 0.582. The van der Waals surface area contributed by atoms with E-state index in [2.05, 4.69) is 10.6 Å². The maximum absolute atomic E-state index is 11.3. The average molecular weight is 296 g/mol. The van der Waals surface area contributed by atoms with E-state index in [1.165, 1.54) is 0 Å². The van der Waals surface area contributed by atoms with E-state index in [4.69, 9.17) is 21.1 Å². The fourth-order valence-electron chi connectivity index (χ4n) is 2.02. The van der Waals surface area contributed by atoms with E-state index in [1.54, 1.807) is 6.92 Å². The number of rotatable bonds is 7. The average Bonchev–Trinajstić information content (AvgIpc) is 2.85. The van der Waals surface area contributed by atoms with Crippen LogP contribution in [0, 0.1) is 0 Å². The first-order valence-electron chi connectivity index (χ1n) is 6.68. The van der Waals surface area contributed by atoms with Gasteiger partial charge in [0.2, 0.25) is 0 Å². The molecule has 0 atom stereocenters. The first kappa shape index (κ1) is 14.7. The molecule has 0 N–H and O–H groups in total. The fraction of sp³-hybridized carbons (Fsp3) is 0.400. The number of carbonyl (C=O) groups is 1. The molecule has 0 saturated heterocycles. The molecule has 1 aromatic heterocycles. The largest absolute Gasteiger partial charge is 0.482 e. The lowest BCUT2D eigenvalue weighted by Crippen LogP contribution is -2.14. The van der Waals surface area contributed by atoms with Gasteiger partial charge in [0.1, 0.15) is 5.75 Å².